The Morgan fingerprint density at radius 3 is 2.57 bits per heavy atom. The van der Waals surface area contributed by atoms with E-state index in [9.17, 15) is 4.79 Å². The fraction of sp³-hybridized carbons (Fsp3) is 0.391. The molecule has 1 aliphatic heterocycles. The maximum Gasteiger partial charge on any atom is 0.315 e. The molecule has 2 aromatic heterocycles. The van der Waals surface area contributed by atoms with Crippen molar-refractivity contribution in [3.05, 3.63) is 71.4 Å². The van der Waals surface area contributed by atoms with Crippen molar-refractivity contribution in [2.45, 2.75) is 39.3 Å². The third-order valence-corrected chi connectivity index (χ3v) is 5.78. The van der Waals surface area contributed by atoms with Gasteiger partial charge in [0.25, 0.3) is 0 Å². The van der Waals surface area contributed by atoms with Crippen LogP contribution in [0.1, 0.15) is 41.6 Å². The van der Waals surface area contributed by atoms with E-state index in [0.29, 0.717) is 13.1 Å². The number of carbonyl (C=O) groups is 1. The molecule has 1 aromatic carbocycles. The van der Waals surface area contributed by atoms with Crippen LogP contribution in [0.4, 0.5) is 4.79 Å². The first-order valence-corrected chi connectivity index (χ1v) is 10.5. The van der Waals surface area contributed by atoms with Gasteiger partial charge in [0.15, 0.2) is 0 Å². The molecule has 0 radical (unpaired) electrons. The first-order chi connectivity index (χ1) is 14.6. The molecule has 3 heterocycles. The average Bonchev–Trinajstić information content (AvgIpc) is 3.51. The van der Waals surface area contributed by atoms with Crippen LogP contribution in [0.25, 0.3) is 5.69 Å². The van der Waals surface area contributed by atoms with E-state index in [1.54, 1.807) is 6.26 Å². The number of para-hydroxylation sites is 1. The number of hydrogen-bond donors (Lipinski definition) is 2. The lowest BCUT2D eigenvalue weighted by atomic mass is 10.2. The number of benzene rings is 1. The standard InChI is InChI=1S/C23H29N5O2/c1-17-20(18(2)28(26-17)19-9-4-3-5-10-19)15-24-23(29)25-16-21(22-11-8-14-30-22)27-12-6-7-13-27/h3-5,8-11,14,21H,6-7,12-13,15-16H2,1-2H3,(H2,24,25,29)/t21-/m1/s1. The van der Waals surface area contributed by atoms with Gasteiger partial charge in [0, 0.05) is 24.3 Å². The molecule has 3 aromatic rings. The minimum Gasteiger partial charge on any atom is -0.468 e. The van der Waals surface area contributed by atoms with Crippen molar-refractivity contribution in [3.8, 4) is 5.69 Å². The first kappa shape index (κ1) is 20.2. The number of nitrogens with one attached hydrogen (secondary N) is 2. The summed E-state index contributed by atoms with van der Waals surface area (Å²) in [6.45, 7) is 7.02. The van der Waals surface area contributed by atoms with Gasteiger partial charge < -0.3 is 15.1 Å². The van der Waals surface area contributed by atoms with Crippen LogP contribution in [0.2, 0.25) is 0 Å². The van der Waals surface area contributed by atoms with Gasteiger partial charge >= 0.3 is 6.03 Å². The molecule has 7 nitrogen and oxygen atoms in total. The largest absolute Gasteiger partial charge is 0.468 e. The number of urea groups is 1. The van der Waals surface area contributed by atoms with Crippen LogP contribution in [0.15, 0.2) is 53.1 Å². The summed E-state index contributed by atoms with van der Waals surface area (Å²) in [5.74, 6) is 0.896. The van der Waals surface area contributed by atoms with E-state index in [2.05, 4.69) is 20.6 Å². The number of furan rings is 1. The van der Waals surface area contributed by atoms with Crippen LogP contribution in [-0.4, -0.2) is 40.3 Å². The molecule has 0 aliphatic carbocycles. The van der Waals surface area contributed by atoms with Crippen LogP contribution < -0.4 is 10.6 Å². The Bertz CT molecular complexity index is 959. The molecule has 4 rings (SSSR count). The highest BCUT2D eigenvalue weighted by Crippen LogP contribution is 2.25. The summed E-state index contributed by atoms with van der Waals surface area (Å²) >= 11 is 0. The molecular weight excluding hydrogens is 378 g/mol. The van der Waals surface area contributed by atoms with Crippen LogP contribution in [0.3, 0.4) is 0 Å². The summed E-state index contributed by atoms with van der Waals surface area (Å²) in [5.41, 5.74) is 4.00. The zero-order chi connectivity index (χ0) is 20.9. The minimum absolute atomic E-state index is 0.0672. The Labute approximate surface area is 177 Å². The van der Waals surface area contributed by atoms with Crippen molar-refractivity contribution in [2.24, 2.45) is 0 Å². The maximum absolute atomic E-state index is 12.5. The van der Waals surface area contributed by atoms with E-state index in [0.717, 1.165) is 41.5 Å². The zero-order valence-electron chi connectivity index (χ0n) is 17.6. The van der Waals surface area contributed by atoms with E-state index in [4.69, 9.17) is 4.42 Å². The molecule has 1 saturated heterocycles. The molecule has 1 fully saturated rings. The van der Waals surface area contributed by atoms with Gasteiger partial charge in [0.1, 0.15) is 5.76 Å². The monoisotopic (exact) mass is 407 g/mol. The summed E-state index contributed by atoms with van der Waals surface area (Å²) in [4.78, 5) is 14.9. The summed E-state index contributed by atoms with van der Waals surface area (Å²) in [7, 11) is 0. The van der Waals surface area contributed by atoms with Gasteiger partial charge in [-0.05, 0) is 64.0 Å². The number of hydrogen-bond acceptors (Lipinski definition) is 4. The zero-order valence-corrected chi connectivity index (χ0v) is 17.6. The Morgan fingerprint density at radius 1 is 1.10 bits per heavy atom. The van der Waals surface area contributed by atoms with Gasteiger partial charge in [-0.3, -0.25) is 4.90 Å². The Morgan fingerprint density at radius 2 is 1.87 bits per heavy atom. The number of likely N-dealkylation sites (tertiary alicyclic amines) is 1. The molecule has 1 aliphatic rings. The van der Waals surface area contributed by atoms with E-state index in [1.807, 2.05) is 61.0 Å². The Balaban J connectivity index is 1.36. The van der Waals surface area contributed by atoms with Crippen molar-refractivity contribution in [3.63, 3.8) is 0 Å². The highest BCUT2D eigenvalue weighted by Gasteiger charge is 2.26. The van der Waals surface area contributed by atoms with Crippen molar-refractivity contribution in [1.82, 2.24) is 25.3 Å². The van der Waals surface area contributed by atoms with Gasteiger partial charge in [0.05, 0.1) is 23.7 Å². The molecule has 7 heteroatoms. The summed E-state index contributed by atoms with van der Waals surface area (Å²) < 4.78 is 7.54. The highest BCUT2D eigenvalue weighted by atomic mass is 16.3. The number of aryl methyl sites for hydroxylation is 1. The Kier molecular flexibility index (Phi) is 6.18. The molecular formula is C23H29N5O2. The molecule has 0 bridgehead atoms. The summed E-state index contributed by atoms with van der Waals surface area (Å²) in [6.07, 6.45) is 4.06. The third kappa shape index (κ3) is 4.41. The number of carbonyl (C=O) groups excluding carboxylic acids is 1. The number of nitrogens with zero attached hydrogens (tertiary/aromatic N) is 3. The SMILES string of the molecule is Cc1nn(-c2ccccc2)c(C)c1CNC(=O)NC[C@H](c1ccco1)N1CCCC1. The van der Waals surface area contributed by atoms with Crippen LogP contribution in [-0.2, 0) is 6.54 Å². The number of aromatic nitrogens is 2. The molecule has 2 amide bonds. The highest BCUT2D eigenvalue weighted by molar-refractivity contribution is 5.74. The van der Waals surface area contributed by atoms with E-state index in [1.165, 1.54) is 12.8 Å². The minimum atomic E-state index is -0.183. The third-order valence-electron chi connectivity index (χ3n) is 5.78. The molecule has 0 saturated carbocycles. The van der Waals surface area contributed by atoms with E-state index >= 15 is 0 Å². The lowest BCUT2D eigenvalue weighted by Crippen LogP contribution is -2.41. The smallest absolute Gasteiger partial charge is 0.315 e. The van der Waals surface area contributed by atoms with Crippen molar-refractivity contribution in [2.75, 3.05) is 19.6 Å². The van der Waals surface area contributed by atoms with Crippen molar-refractivity contribution < 1.29 is 9.21 Å². The molecule has 0 spiro atoms. The van der Waals surface area contributed by atoms with E-state index < -0.39 is 0 Å². The molecule has 2 N–H and O–H groups in total. The second-order valence-electron chi connectivity index (χ2n) is 7.73. The second-order valence-corrected chi connectivity index (χ2v) is 7.73. The topological polar surface area (TPSA) is 75.3 Å². The lowest BCUT2D eigenvalue weighted by Gasteiger charge is -2.26. The predicted molar refractivity (Wildman–Crippen MR) is 116 cm³/mol. The Hall–Kier alpha value is -3.06. The normalized spacial score (nSPS) is 15.3. The lowest BCUT2D eigenvalue weighted by molar-refractivity contribution is 0.203. The van der Waals surface area contributed by atoms with Crippen molar-refractivity contribution >= 4 is 6.03 Å². The summed E-state index contributed by atoms with van der Waals surface area (Å²) in [5, 5.41) is 10.6. The number of rotatable bonds is 7. The molecule has 30 heavy (non-hydrogen) atoms. The van der Waals surface area contributed by atoms with Gasteiger partial charge in [-0.1, -0.05) is 18.2 Å². The molecule has 0 unspecified atom stereocenters. The second kappa shape index (κ2) is 9.17. The van der Waals surface area contributed by atoms with Crippen LogP contribution in [0.5, 0.6) is 0 Å². The van der Waals surface area contributed by atoms with Gasteiger partial charge in [-0.25, -0.2) is 9.48 Å². The van der Waals surface area contributed by atoms with Crippen LogP contribution >= 0.6 is 0 Å². The van der Waals surface area contributed by atoms with Crippen molar-refractivity contribution in [1.29, 1.82) is 0 Å². The van der Waals surface area contributed by atoms with Gasteiger partial charge in [-0.2, -0.15) is 5.10 Å². The average molecular weight is 408 g/mol. The maximum atomic E-state index is 12.5. The van der Waals surface area contributed by atoms with Gasteiger partial charge in [0.2, 0.25) is 0 Å². The fourth-order valence-electron chi connectivity index (χ4n) is 4.12. The molecule has 158 valence electrons. The first-order valence-electron chi connectivity index (χ1n) is 10.5. The quantitative estimate of drug-likeness (QED) is 0.626. The van der Waals surface area contributed by atoms with Gasteiger partial charge in [-0.15, -0.1) is 0 Å². The predicted octanol–water partition coefficient (Wildman–Crippen LogP) is 3.72. The van der Waals surface area contributed by atoms with E-state index in [-0.39, 0.29) is 12.1 Å². The van der Waals surface area contributed by atoms with Crippen LogP contribution in [0, 0.1) is 13.8 Å². The molecule has 1 atom stereocenters. The fourth-order valence-corrected chi connectivity index (χ4v) is 4.12. The number of amides is 2. The summed E-state index contributed by atoms with van der Waals surface area (Å²) in [6, 6.07) is 13.8.